The number of benzene rings is 2. The minimum Gasteiger partial charge on any atom is -0.444 e. The molecule has 2 aromatic carbocycles. The number of ether oxygens (including phenoxy) is 1. The van der Waals surface area contributed by atoms with E-state index in [1.165, 1.54) is 12.1 Å². The van der Waals surface area contributed by atoms with Crippen LogP contribution in [0.1, 0.15) is 63.3 Å². The van der Waals surface area contributed by atoms with Gasteiger partial charge in [-0.1, -0.05) is 24.1 Å². The lowest BCUT2D eigenvalue weighted by molar-refractivity contribution is 0.0502. The van der Waals surface area contributed by atoms with Gasteiger partial charge in [0.25, 0.3) is 0 Å². The van der Waals surface area contributed by atoms with E-state index in [0.717, 1.165) is 28.2 Å². The van der Waals surface area contributed by atoms with Gasteiger partial charge in [0.05, 0.1) is 22.9 Å². The molecule has 41 heavy (non-hydrogen) atoms. The van der Waals surface area contributed by atoms with Crippen molar-refractivity contribution in [3.8, 4) is 23.0 Å². The molecule has 4 aromatic rings. The molecule has 2 heterocycles. The van der Waals surface area contributed by atoms with Gasteiger partial charge in [-0.15, -0.1) is 0 Å². The van der Waals surface area contributed by atoms with Gasteiger partial charge in [0.2, 0.25) is 0 Å². The molecular formula is C32H34F2N4O3. The maximum atomic E-state index is 14.2. The first kappa shape index (κ1) is 29.7. The Labute approximate surface area is 238 Å². The second kappa shape index (κ2) is 11.3. The van der Waals surface area contributed by atoms with Crippen LogP contribution in [0.3, 0.4) is 0 Å². The number of fused-ring (bicyclic) bond motifs is 1. The maximum Gasteiger partial charge on any atom is 0.408 e. The second-order valence-electron chi connectivity index (χ2n) is 11.5. The van der Waals surface area contributed by atoms with Crippen LogP contribution in [0.4, 0.5) is 13.6 Å². The van der Waals surface area contributed by atoms with E-state index in [-0.39, 0.29) is 6.42 Å². The monoisotopic (exact) mass is 560 g/mol. The van der Waals surface area contributed by atoms with Crippen molar-refractivity contribution in [1.29, 1.82) is 0 Å². The molecule has 0 unspecified atom stereocenters. The number of para-hydroxylation sites is 1. The predicted molar refractivity (Wildman–Crippen MR) is 154 cm³/mol. The van der Waals surface area contributed by atoms with Gasteiger partial charge < -0.3 is 15.2 Å². The molecule has 9 heteroatoms. The van der Waals surface area contributed by atoms with Gasteiger partial charge in [0.1, 0.15) is 28.5 Å². The fourth-order valence-corrected chi connectivity index (χ4v) is 4.62. The summed E-state index contributed by atoms with van der Waals surface area (Å²) in [7, 11) is 1.85. The van der Waals surface area contributed by atoms with Crippen molar-refractivity contribution < 1.29 is 23.4 Å². The number of amides is 1. The molecule has 2 N–H and O–H groups in total. The summed E-state index contributed by atoms with van der Waals surface area (Å²) in [5.74, 6) is 4.19. The smallest absolute Gasteiger partial charge is 0.408 e. The van der Waals surface area contributed by atoms with Crippen molar-refractivity contribution in [3.63, 3.8) is 0 Å². The van der Waals surface area contributed by atoms with E-state index in [0.29, 0.717) is 22.5 Å². The zero-order valence-corrected chi connectivity index (χ0v) is 24.3. The van der Waals surface area contributed by atoms with Crippen LogP contribution in [0.5, 0.6) is 0 Å². The molecule has 0 fully saturated rings. The maximum absolute atomic E-state index is 14.2. The van der Waals surface area contributed by atoms with E-state index in [2.05, 4.69) is 22.3 Å². The molecule has 7 nitrogen and oxygen atoms in total. The molecule has 0 saturated heterocycles. The summed E-state index contributed by atoms with van der Waals surface area (Å²) in [6.07, 6.45) is -0.703. The normalized spacial score (nSPS) is 12.5. The Morgan fingerprint density at radius 3 is 2.39 bits per heavy atom. The number of rotatable bonds is 5. The number of nitrogens with zero attached hydrogens (tertiary/aromatic N) is 3. The molecule has 1 atom stereocenters. The lowest BCUT2D eigenvalue weighted by atomic mass is 9.93. The fraction of sp³-hybridized carbons (Fsp3) is 0.344. The summed E-state index contributed by atoms with van der Waals surface area (Å²) in [4.78, 5) is 17.9. The zero-order chi connectivity index (χ0) is 30.1. The number of aromatic nitrogens is 3. The highest BCUT2D eigenvalue weighted by atomic mass is 19.1. The number of hydrogen-bond donors (Lipinski definition) is 2. The van der Waals surface area contributed by atoms with Crippen LogP contribution in [-0.4, -0.2) is 37.2 Å². The van der Waals surface area contributed by atoms with Crippen molar-refractivity contribution in [2.45, 2.75) is 65.2 Å². The number of carbonyl (C=O) groups is 1. The van der Waals surface area contributed by atoms with E-state index in [4.69, 9.17) is 9.72 Å². The first-order valence-corrected chi connectivity index (χ1v) is 13.2. The first-order chi connectivity index (χ1) is 19.1. The van der Waals surface area contributed by atoms with Gasteiger partial charge in [-0.25, -0.2) is 18.6 Å². The van der Waals surface area contributed by atoms with Crippen molar-refractivity contribution >= 4 is 17.0 Å². The van der Waals surface area contributed by atoms with Crippen molar-refractivity contribution in [2.75, 3.05) is 0 Å². The van der Waals surface area contributed by atoms with E-state index in [1.54, 1.807) is 45.4 Å². The number of pyridine rings is 1. The summed E-state index contributed by atoms with van der Waals surface area (Å²) in [5, 5.41) is 18.5. The number of carbonyl (C=O) groups excluding carboxylic acids is 1. The average molecular weight is 561 g/mol. The molecule has 214 valence electrons. The Morgan fingerprint density at radius 2 is 1.76 bits per heavy atom. The Hall–Kier alpha value is -4.29. The molecule has 0 spiro atoms. The van der Waals surface area contributed by atoms with Crippen LogP contribution in [0.15, 0.2) is 48.5 Å². The van der Waals surface area contributed by atoms with Gasteiger partial charge in [-0.05, 0) is 83.7 Å². The summed E-state index contributed by atoms with van der Waals surface area (Å²) in [6, 6.07) is 11.7. The SMILES string of the molecule is Cc1nn(C)c2c(-c3ccc(C#CC(C)(C)O)nc3[C@H](Cc3cc(F)cc(F)c3)NC(=O)OC(C)(C)C)cccc12. The molecular weight excluding hydrogens is 526 g/mol. The van der Waals surface area contributed by atoms with Crippen molar-refractivity contribution in [2.24, 2.45) is 7.05 Å². The summed E-state index contributed by atoms with van der Waals surface area (Å²) in [5.41, 5.74) is 2.22. The third-order valence-electron chi connectivity index (χ3n) is 6.14. The number of hydrogen-bond acceptors (Lipinski definition) is 5. The fourth-order valence-electron chi connectivity index (χ4n) is 4.62. The first-order valence-electron chi connectivity index (χ1n) is 13.2. The Morgan fingerprint density at radius 1 is 1.07 bits per heavy atom. The lowest BCUT2D eigenvalue weighted by Gasteiger charge is -2.25. The van der Waals surface area contributed by atoms with Gasteiger partial charge in [0.15, 0.2) is 0 Å². The van der Waals surface area contributed by atoms with Gasteiger partial charge in [0, 0.05) is 29.6 Å². The summed E-state index contributed by atoms with van der Waals surface area (Å²) >= 11 is 0. The summed E-state index contributed by atoms with van der Waals surface area (Å²) < 4.78 is 35.7. The van der Waals surface area contributed by atoms with E-state index in [9.17, 15) is 18.7 Å². The topological polar surface area (TPSA) is 89.3 Å². The number of halogens is 2. The van der Waals surface area contributed by atoms with Crippen LogP contribution in [0.25, 0.3) is 22.0 Å². The Kier molecular flexibility index (Phi) is 8.18. The molecule has 0 aliphatic heterocycles. The highest BCUT2D eigenvalue weighted by Crippen LogP contribution is 2.35. The molecule has 0 aliphatic carbocycles. The molecule has 2 aromatic heterocycles. The van der Waals surface area contributed by atoms with Crippen LogP contribution in [0, 0.1) is 30.4 Å². The molecule has 0 aliphatic rings. The highest BCUT2D eigenvalue weighted by molar-refractivity contribution is 5.96. The molecule has 0 saturated carbocycles. The number of aliphatic hydroxyl groups is 1. The van der Waals surface area contributed by atoms with Gasteiger partial charge in [-0.3, -0.25) is 4.68 Å². The zero-order valence-electron chi connectivity index (χ0n) is 24.3. The number of alkyl carbamates (subject to hydrolysis) is 1. The highest BCUT2D eigenvalue weighted by Gasteiger charge is 2.26. The standard InChI is InChI=1S/C32H34F2N4O3/c1-19-24-9-8-10-26(29(24)38(7)37-19)25-12-11-23(13-14-32(5,6)40)35-28(25)27(36-30(39)41-31(2,3)4)17-20-15-21(33)18-22(34)16-20/h8-12,15-16,18,27,40H,17H2,1-7H3,(H,36,39)/t27-/m0/s1. The van der Waals surface area contributed by atoms with Gasteiger partial charge in [-0.2, -0.15) is 5.10 Å². The largest absolute Gasteiger partial charge is 0.444 e. The van der Waals surface area contributed by atoms with Crippen molar-refractivity contribution in [1.82, 2.24) is 20.1 Å². The van der Waals surface area contributed by atoms with Gasteiger partial charge >= 0.3 is 6.09 Å². The van der Waals surface area contributed by atoms with E-state index >= 15 is 0 Å². The second-order valence-corrected chi connectivity index (χ2v) is 11.5. The molecule has 0 radical (unpaired) electrons. The molecule has 1 amide bonds. The average Bonchev–Trinajstić information content (AvgIpc) is 3.13. The number of nitrogens with one attached hydrogen (secondary N) is 1. The Balaban J connectivity index is 1.95. The minimum absolute atomic E-state index is 0.0106. The molecule has 4 rings (SSSR count). The van der Waals surface area contributed by atoms with Crippen LogP contribution in [0.2, 0.25) is 0 Å². The quantitative estimate of drug-likeness (QED) is 0.286. The van der Waals surface area contributed by atoms with E-state index < -0.39 is 35.0 Å². The summed E-state index contributed by atoms with van der Waals surface area (Å²) in [6.45, 7) is 10.3. The lowest BCUT2D eigenvalue weighted by Crippen LogP contribution is -2.36. The third-order valence-corrected chi connectivity index (χ3v) is 6.14. The van der Waals surface area contributed by atoms with Crippen LogP contribution in [-0.2, 0) is 18.2 Å². The predicted octanol–water partition coefficient (Wildman–Crippen LogP) is 6.15. The van der Waals surface area contributed by atoms with E-state index in [1.807, 2.05) is 38.2 Å². The number of aryl methyl sites for hydroxylation is 2. The van der Waals surface area contributed by atoms with Crippen LogP contribution >= 0.6 is 0 Å². The minimum atomic E-state index is -1.26. The molecule has 0 bridgehead atoms. The van der Waals surface area contributed by atoms with Crippen LogP contribution < -0.4 is 5.32 Å². The third kappa shape index (κ3) is 7.47. The van der Waals surface area contributed by atoms with Crippen molar-refractivity contribution in [3.05, 3.63) is 82.8 Å². The Bertz CT molecular complexity index is 1650.